The highest BCUT2D eigenvalue weighted by Gasteiger charge is 2.35. The zero-order chi connectivity index (χ0) is 48.8. The van der Waals surface area contributed by atoms with Crippen LogP contribution in [0.5, 0.6) is 0 Å². The highest BCUT2D eigenvalue weighted by atomic mass is 32.2. The summed E-state index contributed by atoms with van der Waals surface area (Å²) in [6.45, 7) is 11.5. The quantitative estimate of drug-likeness (QED) is 0.0425. The number of hydrogen-bond acceptors (Lipinski definition) is 13. The number of nitrogens with one attached hydrogen (secondary N) is 8. The number of carboxylic acids is 1. The molecule has 1 aromatic carbocycles. The summed E-state index contributed by atoms with van der Waals surface area (Å²) in [6.07, 6.45) is 1.03. The summed E-state index contributed by atoms with van der Waals surface area (Å²) in [4.78, 5) is 118. The summed E-state index contributed by atoms with van der Waals surface area (Å²) in [7, 11) is 0. The predicted molar refractivity (Wildman–Crippen MR) is 239 cm³/mol. The molecule has 0 aliphatic rings. The smallest absolute Gasteiger partial charge is 0.325 e. The maximum Gasteiger partial charge on any atom is 0.325 e. The minimum atomic E-state index is -1.60. The fourth-order valence-electron chi connectivity index (χ4n) is 5.89. The Hall–Kier alpha value is -5.32. The van der Waals surface area contributed by atoms with Gasteiger partial charge in [0.2, 0.25) is 47.3 Å². The Morgan fingerprint density at radius 2 is 1.08 bits per heavy atom. The molecule has 64 heavy (non-hydrogen) atoms. The molecule has 1 aromatic rings. The minimum absolute atomic E-state index is 0.0837. The normalized spacial score (nSPS) is 16.3. The van der Waals surface area contributed by atoms with Gasteiger partial charge >= 0.3 is 5.97 Å². The number of hydrogen-bond donors (Lipinski definition) is 12. The van der Waals surface area contributed by atoms with Crippen LogP contribution < -0.4 is 48.3 Å². The van der Waals surface area contributed by atoms with Crippen LogP contribution in [-0.2, 0) is 49.6 Å². The van der Waals surface area contributed by atoms with Gasteiger partial charge in [-0.25, -0.2) is 0 Å². The van der Waals surface area contributed by atoms with E-state index < -0.39 is 120 Å². The average molecular weight is 924 g/mol. The first-order valence-corrected chi connectivity index (χ1v) is 22.6. The average Bonchev–Trinajstić information content (AvgIpc) is 3.24. The summed E-state index contributed by atoms with van der Waals surface area (Å²) in [5, 5.41) is 49.3. The third-order valence-electron chi connectivity index (χ3n) is 10.2. The first-order valence-electron chi connectivity index (χ1n) is 21.2. The number of nitrogens with two attached hydrogens (primary N) is 1. The van der Waals surface area contributed by atoms with E-state index in [1.54, 1.807) is 57.4 Å². The highest BCUT2D eigenvalue weighted by Crippen LogP contribution is 2.10. The molecule has 0 saturated carbocycles. The van der Waals surface area contributed by atoms with Crippen LogP contribution in [0.4, 0.5) is 0 Å². The number of benzene rings is 1. The van der Waals surface area contributed by atoms with Crippen LogP contribution in [0, 0.1) is 11.8 Å². The van der Waals surface area contributed by atoms with E-state index in [1.165, 1.54) is 39.5 Å². The van der Waals surface area contributed by atoms with E-state index in [4.69, 9.17) is 5.73 Å². The molecule has 8 amide bonds. The van der Waals surface area contributed by atoms with Crippen LogP contribution in [0.15, 0.2) is 30.3 Å². The summed E-state index contributed by atoms with van der Waals surface area (Å²) >= 11 is 1.38. The van der Waals surface area contributed by atoms with Gasteiger partial charge in [-0.15, -0.1) is 0 Å². The second-order valence-electron chi connectivity index (χ2n) is 16.2. The Balaban J connectivity index is 3.20. The second-order valence-corrected chi connectivity index (χ2v) is 17.2. The zero-order valence-electron chi connectivity index (χ0n) is 38.1. The topological polar surface area (TPSA) is 337 Å². The molecule has 0 bridgehead atoms. The van der Waals surface area contributed by atoms with E-state index in [0.29, 0.717) is 17.7 Å². The molecule has 0 unspecified atom stereocenters. The van der Waals surface area contributed by atoms with Crippen LogP contribution in [0.25, 0.3) is 0 Å². The SMILES string of the molecule is CC[C@H](C)[C@H](N)C(=O)N[C@@H](C)C(=O)N[C@@H](CO)C(=O)N[C@@H](CC(C)C)C(=O)N[C@@H](CCSC)C(=O)N[C@@H](C)C(=O)N[C@@H](Cc1ccccc1)C(=O)N[C@H](C(=O)N[C@@H](C)C(=O)O)[C@@H](C)O. The predicted octanol–water partition coefficient (Wildman–Crippen LogP) is -2.20. The van der Waals surface area contributed by atoms with Crippen molar-refractivity contribution in [2.75, 3.05) is 18.6 Å². The van der Waals surface area contributed by atoms with Gasteiger partial charge in [0.25, 0.3) is 0 Å². The lowest BCUT2D eigenvalue weighted by Gasteiger charge is -2.28. The fourth-order valence-corrected chi connectivity index (χ4v) is 6.36. The lowest BCUT2D eigenvalue weighted by molar-refractivity contribution is -0.142. The number of aliphatic carboxylic acids is 1. The first-order chi connectivity index (χ1) is 30.0. The van der Waals surface area contributed by atoms with Crippen LogP contribution in [-0.4, -0.2) is 148 Å². The van der Waals surface area contributed by atoms with Gasteiger partial charge in [0.05, 0.1) is 18.8 Å². The molecule has 0 aliphatic heterocycles. The van der Waals surface area contributed by atoms with Crippen molar-refractivity contribution in [1.82, 2.24) is 42.5 Å². The molecular weight excluding hydrogens is 855 g/mol. The van der Waals surface area contributed by atoms with Crippen molar-refractivity contribution in [3.8, 4) is 0 Å². The molecule has 13 N–H and O–H groups in total. The van der Waals surface area contributed by atoms with Gasteiger partial charge in [-0.05, 0) is 69.9 Å². The van der Waals surface area contributed by atoms with Crippen molar-refractivity contribution in [1.29, 1.82) is 0 Å². The van der Waals surface area contributed by atoms with E-state index in [1.807, 2.05) is 6.92 Å². The lowest BCUT2D eigenvalue weighted by Crippen LogP contribution is -2.61. The summed E-state index contributed by atoms with van der Waals surface area (Å²) in [5.74, 6) is -7.79. The summed E-state index contributed by atoms with van der Waals surface area (Å²) in [6, 6.07) is -3.04. The number of aliphatic hydroxyl groups excluding tert-OH is 2. The molecule has 11 atom stereocenters. The molecule has 0 saturated heterocycles. The molecule has 0 fully saturated rings. The maximum absolute atomic E-state index is 13.8. The van der Waals surface area contributed by atoms with Gasteiger partial charge in [0.15, 0.2) is 0 Å². The molecule has 22 heteroatoms. The number of amides is 8. The van der Waals surface area contributed by atoms with Gasteiger partial charge in [0, 0.05) is 6.42 Å². The largest absolute Gasteiger partial charge is 0.480 e. The number of carbonyl (C=O) groups is 9. The van der Waals surface area contributed by atoms with Crippen molar-refractivity contribution in [3.63, 3.8) is 0 Å². The van der Waals surface area contributed by atoms with Crippen LogP contribution in [0.2, 0.25) is 0 Å². The van der Waals surface area contributed by atoms with E-state index in [-0.39, 0.29) is 31.1 Å². The van der Waals surface area contributed by atoms with Gasteiger partial charge < -0.3 is 63.6 Å². The van der Waals surface area contributed by atoms with Gasteiger partial charge in [-0.2, -0.15) is 11.8 Å². The Morgan fingerprint density at radius 1 is 0.609 bits per heavy atom. The monoisotopic (exact) mass is 923 g/mol. The first kappa shape index (κ1) is 56.7. The van der Waals surface area contributed by atoms with Crippen molar-refractivity contribution in [2.24, 2.45) is 17.6 Å². The number of carbonyl (C=O) groups excluding carboxylic acids is 8. The number of thioether (sulfide) groups is 1. The van der Waals surface area contributed by atoms with Gasteiger partial charge in [-0.3, -0.25) is 43.2 Å². The molecular formula is C42H69N9O12S. The number of carboxylic acid groups (broad SMARTS) is 1. The molecule has 1 rings (SSSR count). The Morgan fingerprint density at radius 3 is 1.58 bits per heavy atom. The van der Waals surface area contributed by atoms with Crippen molar-refractivity contribution >= 4 is 65.0 Å². The molecule has 0 aromatic heterocycles. The van der Waals surface area contributed by atoms with Crippen LogP contribution >= 0.6 is 11.8 Å². The lowest BCUT2D eigenvalue weighted by atomic mass is 9.99. The van der Waals surface area contributed by atoms with E-state index >= 15 is 0 Å². The van der Waals surface area contributed by atoms with E-state index in [0.717, 1.165) is 0 Å². The standard InChI is InChI=1S/C42H69N9O12S/c1-10-22(4)32(43)40(60)45-24(6)35(55)50-31(20-52)39(59)49-29(18-21(2)3)37(57)47-28(16-17-64-9)36(56)44-23(5)34(54)48-30(19-27-14-12-11-13-15-27)38(58)51-33(26(8)53)41(61)46-25(7)42(62)63/h11-15,21-26,28-33,52-53H,10,16-20,43H2,1-9H3,(H,44,56)(H,45,60)(H,46,61)(H,47,57)(H,48,54)(H,49,59)(H,50,55)(H,51,58)(H,62,63)/t22-,23-,24-,25-,26+,28-,29-,30-,31-,32-,33-/m0/s1. The van der Waals surface area contributed by atoms with Gasteiger partial charge in [-0.1, -0.05) is 64.4 Å². The summed E-state index contributed by atoms with van der Waals surface area (Å²) < 4.78 is 0. The van der Waals surface area contributed by atoms with Crippen LogP contribution in [0.3, 0.4) is 0 Å². The molecule has 360 valence electrons. The Labute approximate surface area is 378 Å². The van der Waals surface area contributed by atoms with Crippen molar-refractivity contribution < 1.29 is 58.5 Å². The van der Waals surface area contributed by atoms with Crippen LogP contribution in [0.1, 0.15) is 80.2 Å². The Bertz CT molecular complexity index is 1740. The molecule has 0 heterocycles. The fraction of sp³-hybridized carbons (Fsp3) is 0.643. The van der Waals surface area contributed by atoms with Gasteiger partial charge in [0.1, 0.15) is 48.3 Å². The third kappa shape index (κ3) is 19.6. The number of aliphatic hydroxyl groups is 2. The molecule has 21 nitrogen and oxygen atoms in total. The second kappa shape index (κ2) is 28.5. The highest BCUT2D eigenvalue weighted by molar-refractivity contribution is 7.98. The van der Waals surface area contributed by atoms with E-state index in [2.05, 4.69) is 42.5 Å². The summed E-state index contributed by atoms with van der Waals surface area (Å²) in [5.41, 5.74) is 6.56. The third-order valence-corrected chi connectivity index (χ3v) is 10.8. The molecule has 0 radical (unpaired) electrons. The van der Waals surface area contributed by atoms with Crippen molar-refractivity contribution in [3.05, 3.63) is 35.9 Å². The minimum Gasteiger partial charge on any atom is -0.480 e. The zero-order valence-corrected chi connectivity index (χ0v) is 38.9. The molecule has 0 aliphatic carbocycles. The number of rotatable bonds is 28. The maximum atomic E-state index is 13.8. The Kier molecular flexibility index (Phi) is 25.2. The molecule has 0 spiro atoms. The van der Waals surface area contributed by atoms with Crippen molar-refractivity contribution in [2.45, 2.75) is 142 Å². The van der Waals surface area contributed by atoms with E-state index in [9.17, 15) is 58.5 Å².